The predicted molar refractivity (Wildman–Crippen MR) is 122 cm³/mol. The SMILES string of the molecule is CCn1cnc2c(C(C)OCC3(c4ccc(F)cc4)CCN(C(=O)O)CC3)cc(C(F)(F)F)cc21. The number of aryl methyl sites for hydroxylation is 1. The van der Waals surface area contributed by atoms with Crippen molar-refractivity contribution in [2.45, 2.75) is 50.9 Å². The van der Waals surface area contributed by atoms with Crippen molar-refractivity contribution in [2.24, 2.45) is 0 Å². The molecule has 1 amide bonds. The summed E-state index contributed by atoms with van der Waals surface area (Å²) in [5.41, 5.74) is 0.602. The molecule has 0 saturated carbocycles. The van der Waals surface area contributed by atoms with Crippen LogP contribution in [0.2, 0.25) is 0 Å². The molecule has 1 N–H and O–H groups in total. The van der Waals surface area contributed by atoms with Crippen molar-refractivity contribution < 1.29 is 32.2 Å². The maximum absolute atomic E-state index is 13.6. The third-order valence-electron chi connectivity index (χ3n) is 6.92. The van der Waals surface area contributed by atoms with Crippen LogP contribution in [0.25, 0.3) is 11.0 Å². The number of aromatic nitrogens is 2. The third-order valence-corrected chi connectivity index (χ3v) is 6.92. The summed E-state index contributed by atoms with van der Waals surface area (Å²) in [6.07, 6.45) is -3.84. The van der Waals surface area contributed by atoms with Crippen LogP contribution in [0, 0.1) is 5.82 Å². The number of nitrogens with zero attached hydrogens (tertiary/aromatic N) is 3. The molecule has 1 aromatic heterocycles. The van der Waals surface area contributed by atoms with E-state index in [4.69, 9.17) is 4.74 Å². The second kappa shape index (κ2) is 9.49. The number of carboxylic acid groups (broad SMARTS) is 1. The topological polar surface area (TPSA) is 67.6 Å². The molecule has 0 radical (unpaired) electrons. The van der Waals surface area contributed by atoms with E-state index in [1.54, 1.807) is 23.6 Å². The molecule has 1 atom stereocenters. The van der Waals surface area contributed by atoms with Crippen LogP contribution in [0.5, 0.6) is 0 Å². The fourth-order valence-corrected chi connectivity index (χ4v) is 4.74. The second-order valence-corrected chi connectivity index (χ2v) is 8.97. The molecule has 1 aliphatic rings. The smallest absolute Gasteiger partial charge is 0.416 e. The summed E-state index contributed by atoms with van der Waals surface area (Å²) >= 11 is 0. The number of imidazole rings is 1. The van der Waals surface area contributed by atoms with Crippen LogP contribution < -0.4 is 0 Å². The summed E-state index contributed by atoms with van der Waals surface area (Å²) < 4.78 is 62.3. The average molecular weight is 494 g/mol. The first-order valence-corrected chi connectivity index (χ1v) is 11.5. The molecule has 2 heterocycles. The van der Waals surface area contributed by atoms with E-state index in [1.165, 1.54) is 23.4 Å². The molecule has 3 aromatic rings. The number of fused-ring (bicyclic) bond motifs is 1. The van der Waals surface area contributed by atoms with E-state index in [2.05, 4.69) is 4.98 Å². The van der Waals surface area contributed by atoms with Gasteiger partial charge in [0.2, 0.25) is 0 Å². The van der Waals surface area contributed by atoms with E-state index in [1.807, 2.05) is 6.92 Å². The first-order valence-electron chi connectivity index (χ1n) is 11.5. The lowest BCUT2D eigenvalue weighted by Crippen LogP contribution is -2.47. The highest BCUT2D eigenvalue weighted by molar-refractivity contribution is 5.80. The van der Waals surface area contributed by atoms with Crippen molar-refractivity contribution in [3.8, 4) is 0 Å². The Morgan fingerprint density at radius 2 is 1.86 bits per heavy atom. The zero-order valence-corrected chi connectivity index (χ0v) is 19.5. The first-order chi connectivity index (χ1) is 16.5. The van der Waals surface area contributed by atoms with E-state index in [0.717, 1.165) is 17.7 Å². The number of alkyl halides is 3. The van der Waals surface area contributed by atoms with Crippen LogP contribution in [0.3, 0.4) is 0 Å². The number of piperidine rings is 1. The molecule has 0 spiro atoms. The van der Waals surface area contributed by atoms with Gasteiger partial charge in [-0.05, 0) is 56.5 Å². The number of likely N-dealkylation sites (tertiary alicyclic amines) is 1. The van der Waals surface area contributed by atoms with Gasteiger partial charge < -0.3 is 19.3 Å². The van der Waals surface area contributed by atoms with Crippen LogP contribution in [0.4, 0.5) is 22.4 Å². The van der Waals surface area contributed by atoms with Crippen LogP contribution in [-0.2, 0) is 22.9 Å². The van der Waals surface area contributed by atoms with Crippen LogP contribution >= 0.6 is 0 Å². The van der Waals surface area contributed by atoms with Gasteiger partial charge in [0, 0.05) is 30.6 Å². The lowest BCUT2D eigenvalue weighted by Gasteiger charge is -2.41. The van der Waals surface area contributed by atoms with Gasteiger partial charge in [0.25, 0.3) is 0 Å². The Morgan fingerprint density at radius 1 is 1.20 bits per heavy atom. The normalized spacial score (nSPS) is 17.0. The number of hydrogen-bond donors (Lipinski definition) is 1. The Labute approximate surface area is 200 Å². The Morgan fingerprint density at radius 3 is 2.43 bits per heavy atom. The predicted octanol–water partition coefficient (Wildman–Crippen LogP) is 6.00. The summed E-state index contributed by atoms with van der Waals surface area (Å²) in [6, 6.07) is 8.19. The molecular weight excluding hydrogens is 466 g/mol. The summed E-state index contributed by atoms with van der Waals surface area (Å²) in [6.45, 7) is 4.68. The number of amides is 1. The largest absolute Gasteiger partial charge is 0.465 e. The molecule has 188 valence electrons. The van der Waals surface area contributed by atoms with E-state index >= 15 is 0 Å². The summed E-state index contributed by atoms with van der Waals surface area (Å²) in [4.78, 5) is 17.1. The fourth-order valence-electron chi connectivity index (χ4n) is 4.74. The maximum Gasteiger partial charge on any atom is 0.416 e. The van der Waals surface area contributed by atoms with Gasteiger partial charge in [-0.25, -0.2) is 14.2 Å². The molecule has 35 heavy (non-hydrogen) atoms. The van der Waals surface area contributed by atoms with E-state index in [-0.39, 0.29) is 25.5 Å². The lowest BCUT2D eigenvalue weighted by molar-refractivity contribution is -0.137. The Hall–Kier alpha value is -3.14. The minimum absolute atomic E-state index is 0.138. The highest BCUT2D eigenvalue weighted by atomic mass is 19.4. The highest BCUT2D eigenvalue weighted by Crippen LogP contribution is 2.39. The van der Waals surface area contributed by atoms with E-state index in [9.17, 15) is 27.5 Å². The van der Waals surface area contributed by atoms with Crippen LogP contribution in [0.15, 0.2) is 42.7 Å². The zero-order valence-electron chi connectivity index (χ0n) is 19.5. The second-order valence-electron chi connectivity index (χ2n) is 8.97. The highest BCUT2D eigenvalue weighted by Gasteiger charge is 2.39. The van der Waals surface area contributed by atoms with Crippen molar-refractivity contribution in [1.82, 2.24) is 14.5 Å². The molecule has 2 aromatic carbocycles. The summed E-state index contributed by atoms with van der Waals surface area (Å²) in [5.74, 6) is -0.390. The fraction of sp³-hybridized carbons (Fsp3) is 0.440. The minimum atomic E-state index is -4.52. The van der Waals surface area contributed by atoms with Gasteiger partial charge in [-0.3, -0.25) is 0 Å². The number of hydrogen-bond acceptors (Lipinski definition) is 3. The number of carbonyl (C=O) groups is 1. The van der Waals surface area contributed by atoms with Gasteiger partial charge in [-0.2, -0.15) is 13.2 Å². The van der Waals surface area contributed by atoms with Crippen molar-refractivity contribution in [1.29, 1.82) is 0 Å². The van der Waals surface area contributed by atoms with Crippen LogP contribution in [0.1, 0.15) is 49.5 Å². The van der Waals surface area contributed by atoms with Crippen molar-refractivity contribution in [2.75, 3.05) is 19.7 Å². The first kappa shape index (κ1) is 25.0. The summed E-state index contributed by atoms with van der Waals surface area (Å²) in [7, 11) is 0. The van der Waals surface area contributed by atoms with Crippen LogP contribution in [-0.4, -0.2) is 45.3 Å². The van der Waals surface area contributed by atoms with E-state index in [0.29, 0.717) is 36.0 Å². The minimum Gasteiger partial charge on any atom is -0.465 e. The molecule has 1 saturated heterocycles. The number of halogens is 4. The molecule has 0 aliphatic carbocycles. The van der Waals surface area contributed by atoms with Gasteiger partial charge in [-0.15, -0.1) is 0 Å². The molecule has 1 unspecified atom stereocenters. The molecule has 1 fully saturated rings. The monoisotopic (exact) mass is 493 g/mol. The van der Waals surface area contributed by atoms with Crippen molar-refractivity contribution in [3.05, 3.63) is 65.2 Å². The molecule has 4 rings (SSSR count). The van der Waals surface area contributed by atoms with Crippen molar-refractivity contribution in [3.63, 3.8) is 0 Å². The zero-order chi connectivity index (χ0) is 25.4. The van der Waals surface area contributed by atoms with Gasteiger partial charge in [0.05, 0.1) is 35.6 Å². The number of rotatable bonds is 6. The van der Waals surface area contributed by atoms with Gasteiger partial charge in [-0.1, -0.05) is 12.1 Å². The van der Waals surface area contributed by atoms with Crippen molar-refractivity contribution >= 4 is 17.1 Å². The maximum atomic E-state index is 13.6. The van der Waals surface area contributed by atoms with Gasteiger partial charge >= 0.3 is 12.3 Å². The molecular formula is C25H27F4N3O3. The molecule has 1 aliphatic heterocycles. The third kappa shape index (κ3) is 4.98. The average Bonchev–Trinajstić information content (AvgIpc) is 3.25. The van der Waals surface area contributed by atoms with E-state index < -0.39 is 29.4 Å². The lowest BCUT2D eigenvalue weighted by atomic mass is 9.73. The Kier molecular flexibility index (Phi) is 6.77. The number of ether oxygens (including phenoxy) is 1. The quantitative estimate of drug-likeness (QED) is 0.428. The van der Waals surface area contributed by atoms with Gasteiger partial charge in [0.15, 0.2) is 0 Å². The standard InChI is InChI=1S/C25H27F4N3O3/c1-3-31-15-30-22-20(12-18(13-21(22)31)25(27,28)29)16(2)35-14-24(17-4-6-19(26)7-5-17)8-10-32(11-9-24)23(33)34/h4-7,12-13,15-16H,3,8-11,14H2,1-2H3,(H,33,34). The Bertz CT molecular complexity index is 1200. The number of benzene rings is 2. The summed E-state index contributed by atoms with van der Waals surface area (Å²) in [5, 5.41) is 9.34. The molecule has 6 nitrogen and oxygen atoms in total. The molecule has 10 heteroatoms. The Balaban J connectivity index is 1.65. The molecule has 0 bridgehead atoms. The van der Waals surface area contributed by atoms with Gasteiger partial charge in [0.1, 0.15) is 5.82 Å².